The van der Waals surface area contributed by atoms with Crippen LogP contribution in [0.4, 0.5) is 4.79 Å². The number of ether oxygens (including phenoxy) is 1. The molecule has 0 saturated heterocycles. The van der Waals surface area contributed by atoms with Crippen LogP contribution in [0.25, 0.3) is 0 Å². The van der Waals surface area contributed by atoms with Gasteiger partial charge in [-0.1, -0.05) is 0 Å². The minimum atomic E-state index is -1.27. The summed E-state index contributed by atoms with van der Waals surface area (Å²) in [6, 6.07) is 0. The molecule has 0 aromatic rings. The number of carbonyl (C=O) groups is 1. The molecule has 0 radical (unpaired) electrons. The van der Waals surface area contributed by atoms with Gasteiger partial charge in [-0.3, -0.25) is 0 Å². The van der Waals surface area contributed by atoms with E-state index in [-0.39, 0.29) is 3.98 Å². The van der Waals surface area contributed by atoms with Crippen molar-refractivity contribution in [3.05, 3.63) is 0 Å². The molecular weight excluding hydrogens is 207 g/mol. The minimum absolute atomic E-state index is 0.00389. The monoisotopic (exact) mass is 216 g/mol. The maximum absolute atomic E-state index is 10.4. The van der Waals surface area contributed by atoms with Gasteiger partial charge in [0, 0.05) is 0 Å². The Bertz CT molecular complexity index is 70.1. The van der Waals surface area contributed by atoms with E-state index in [1.54, 1.807) is 0 Å². The van der Waals surface area contributed by atoms with Crippen LogP contribution >= 0.6 is 19.8 Å². The number of hydrogen-bond acceptors (Lipinski definition) is 2. The third kappa shape index (κ3) is 2.85. The maximum atomic E-state index is 10.4. The van der Waals surface area contributed by atoms with E-state index in [9.17, 15) is 4.79 Å². The molecule has 0 bridgehead atoms. The molecule has 0 unspecified atom stereocenters. The molecule has 7 heavy (non-hydrogen) atoms. The Morgan fingerprint density at radius 1 is 1.57 bits per heavy atom. The number of halogens is 1. The molecule has 0 spiro atoms. The van der Waals surface area contributed by atoms with Gasteiger partial charge in [0.25, 0.3) is 0 Å². The van der Waals surface area contributed by atoms with Crippen LogP contribution in [0.3, 0.4) is 0 Å². The van der Waals surface area contributed by atoms with Crippen LogP contribution in [0.1, 0.15) is 0 Å². The van der Waals surface area contributed by atoms with Crippen molar-refractivity contribution in [2.75, 3.05) is 17.0 Å². The zero-order valence-corrected chi connectivity index (χ0v) is 6.85. The first-order valence-corrected chi connectivity index (χ1v) is 7.16. The summed E-state index contributed by atoms with van der Waals surface area (Å²) in [5.41, 5.74) is 0. The fourth-order valence-electron chi connectivity index (χ4n) is 0.154. The Morgan fingerprint density at radius 2 is 2.00 bits per heavy atom. The number of alkyl halides is 2. The summed E-state index contributed by atoms with van der Waals surface area (Å²) < 4.78 is 4.45. The summed E-state index contributed by atoms with van der Waals surface area (Å²) in [6.07, 6.45) is 0. The van der Waals surface area contributed by atoms with Gasteiger partial charge in [-0.25, -0.2) is 0 Å². The zero-order valence-electron chi connectivity index (χ0n) is 4.69. The van der Waals surface area contributed by atoms with Crippen molar-refractivity contribution in [3.8, 4) is 0 Å². The summed E-state index contributed by atoms with van der Waals surface area (Å²) in [7, 11) is 1.43. The van der Waals surface area contributed by atoms with E-state index in [0.717, 1.165) is 0 Å². The van der Waals surface area contributed by atoms with E-state index in [2.05, 4.69) is 4.74 Å². The third-order valence-electron chi connectivity index (χ3n) is 0.469. The van der Waals surface area contributed by atoms with Gasteiger partial charge in [-0.2, -0.15) is 0 Å². The number of carbonyl (C=O) groups excluding carboxylic acids is 1. The van der Waals surface area contributed by atoms with E-state index in [1.807, 2.05) is 9.86 Å². The van der Waals surface area contributed by atoms with Gasteiger partial charge in [0.2, 0.25) is 0 Å². The van der Waals surface area contributed by atoms with E-state index >= 15 is 0 Å². The topological polar surface area (TPSA) is 26.3 Å². The Kier molecular flexibility index (Phi) is 3.33. The van der Waals surface area contributed by atoms with E-state index in [1.165, 1.54) is 7.11 Å². The predicted molar refractivity (Wildman–Crippen MR) is 38.3 cm³/mol. The summed E-state index contributed by atoms with van der Waals surface area (Å²) in [4.78, 5) is 14.3. The van der Waals surface area contributed by atoms with Crippen molar-refractivity contribution < 1.29 is 9.53 Å². The molecule has 0 fully saturated rings. The fraction of sp³-hybridized carbons (Fsp3) is 0.750. The van der Waals surface area contributed by atoms with Crippen molar-refractivity contribution in [1.82, 2.24) is 0 Å². The van der Waals surface area contributed by atoms with Gasteiger partial charge in [-0.05, 0) is 0 Å². The van der Waals surface area contributed by atoms with Crippen LogP contribution in [0.2, 0.25) is 0 Å². The first-order valence-electron chi connectivity index (χ1n) is 1.76. The third-order valence-corrected chi connectivity index (χ3v) is 2.67. The Balaban J connectivity index is 3.35. The van der Waals surface area contributed by atoms with Gasteiger partial charge >= 0.3 is 50.3 Å². The van der Waals surface area contributed by atoms with Gasteiger partial charge in [-0.15, -0.1) is 0 Å². The van der Waals surface area contributed by atoms with Crippen molar-refractivity contribution >= 4 is 23.8 Å². The average Bonchev–Trinajstić information content (AvgIpc) is 1.65. The molecule has 2 nitrogen and oxygen atoms in total. The molecule has 0 rings (SSSR count). The van der Waals surface area contributed by atoms with Gasteiger partial charge in [0.1, 0.15) is 0 Å². The summed E-state index contributed by atoms with van der Waals surface area (Å²) in [6.45, 7) is 0. The van der Waals surface area contributed by atoms with Gasteiger partial charge < -0.3 is 0 Å². The van der Waals surface area contributed by atoms with Crippen LogP contribution in [-0.4, -0.2) is 20.9 Å². The Morgan fingerprint density at radius 3 is 2.00 bits per heavy atom. The molecule has 44 valence electrons. The van der Waals surface area contributed by atoms with Crippen molar-refractivity contribution in [2.45, 2.75) is 0 Å². The van der Waals surface area contributed by atoms with Gasteiger partial charge in [0.15, 0.2) is 0 Å². The van der Waals surface area contributed by atoms with Crippen LogP contribution in [0.5, 0.6) is 0 Å². The first kappa shape index (κ1) is 7.20. The second-order valence-electron chi connectivity index (χ2n) is 1.20. The molecule has 0 amide bonds. The van der Waals surface area contributed by atoms with Crippen LogP contribution in [-0.2, 0) is 4.74 Å². The van der Waals surface area contributed by atoms with Crippen molar-refractivity contribution in [2.24, 2.45) is 0 Å². The normalized spacial score (nSPS) is 10.4. The predicted octanol–water partition coefficient (Wildman–Crippen LogP) is 1.52. The van der Waals surface area contributed by atoms with E-state index in [4.69, 9.17) is 0 Å². The van der Waals surface area contributed by atoms with Crippen LogP contribution < -0.4 is 0 Å². The molecule has 0 saturated carbocycles. The zero-order chi connectivity index (χ0) is 5.86. The number of methoxy groups -OCH3 is 1. The first-order chi connectivity index (χ1) is 3.18. The van der Waals surface area contributed by atoms with Crippen LogP contribution in [0.15, 0.2) is 0 Å². The summed E-state index contributed by atoms with van der Waals surface area (Å²) in [5, 5.41) is 0. The standard InChI is InChI=1S/C4H9IO2/c1-5(2)4(6)7-3/h1-3H3. The molecule has 0 N–H and O–H groups in total. The molecular formula is C4H9IO2. The van der Waals surface area contributed by atoms with Gasteiger partial charge in [0.05, 0.1) is 0 Å². The molecule has 0 aliphatic heterocycles. The Labute approximate surface area is 50.6 Å². The number of rotatable bonds is 1. The van der Waals surface area contributed by atoms with Crippen molar-refractivity contribution in [3.63, 3.8) is 0 Å². The van der Waals surface area contributed by atoms with Crippen molar-refractivity contribution in [1.29, 1.82) is 0 Å². The summed E-state index contributed by atoms with van der Waals surface area (Å²) >= 11 is -1.27. The second kappa shape index (κ2) is 3.23. The number of hydrogen-bond donors (Lipinski definition) is 0. The molecule has 0 aromatic carbocycles. The fourth-order valence-corrected chi connectivity index (χ4v) is 1.04. The molecule has 0 aliphatic carbocycles. The van der Waals surface area contributed by atoms with E-state index in [0.29, 0.717) is 0 Å². The quantitative estimate of drug-likeness (QED) is 0.377. The Hall–Kier alpha value is 0.200. The average molecular weight is 216 g/mol. The SMILES string of the molecule is COC(=O)I(C)C. The summed E-state index contributed by atoms with van der Waals surface area (Å²) in [5.74, 6) is 0. The molecule has 0 aliphatic rings. The van der Waals surface area contributed by atoms with E-state index < -0.39 is 19.8 Å². The van der Waals surface area contributed by atoms with Crippen LogP contribution in [0, 0.1) is 0 Å². The molecule has 0 atom stereocenters. The molecule has 3 heteroatoms. The second-order valence-corrected chi connectivity index (χ2v) is 6.39. The molecule has 0 heterocycles. The molecule has 0 aromatic heterocycles.